The maximum atomic E-state index is 13.9. The number of nitriles is 1. The van der Waals surface area contributed by atoms with Gasteiger partial charge in [0.1, 0.15) is 23.2 Å². The van der Waals surface area contributed by atoms with Gasteiger partial charge in [-0.2, -0.15) is 5.26 Å². The van der Waals surface area contributed by atoms with E-state index in [9.17, 15) is 9.18 Å². The predicted octanol–water partition coefficient (Wildman–Crippen LogP) is 3.86. The van der Waals surface area contributed by atoms with E-state index < -0.39 is 5.91 Å². The maximum Gasteiger partial charge on any atom is 0.259 e. The largest absolute Gasteiger partial charge is 0.494 e. The molecule has 128 valence electrons. The molecule has 0 atom stereocenters. The molecule has 0 aliphatic carbocycles. The number of halogens is 2. The highest BCUT2D eigenvalue weighted by atomic mass is 35.5. The van der Waals surface area contributed by atoms with Crippen LogP contribution in [0.5, 0.6) is 5.75 Å². The highest BCUT2D eigenvalue weighted by Crippen LogP contribution is 2.32. The highest BCUT2D eigenvalue weighted by Gasteiger charge is 2.14. The van der Waals surface area contributed by atoms with E-state index in [4.69, 9.17) is 27.3 Å². The second kappa shape index (κ2) is 8.32. The third-order valence-electron chi connectivity index (χ3n) is 3.50. The fourth-order valence-corrected chi connectivity index (χ4v) is 2.61. The molecule has 0 aromatic heterocycles. The molecule has 0 saturated heterocycles. The molecule has 0 radical (unpaired) electrons. The molecule has 2 aromatic carbocycles. The van der Waals surface area contributed by atoms with Crippen LogP contribution in [-0.2, 0) is 11.2 Å². The minimum absolute atomic E-state index is 0.194. The lowest BCUT2D eigenvalue weighted by Crippen LogP contribution is -2.12. The molecule has 2 rings (SSSR count). The molecule has 4 nitrogen and oxygen atoms in total. The number of ether oxygens (including phenoxy) is 1. The molecule has 6 heteroatoms. The van der Waals surface area contributed by atoms with E-state index in [-0.39, 0.29) is 17.8 Å². The minimum atomic E-state index is -0.827. The first-order valence-electron chi connectivity index (χ1n) is 7.56. The summed E-state index contributed by atoms with van der Waals surface area (Å²) in [5.41, 5.74) is 6.57. The Morgan fingerprint density at radius 2 is 2.12 bits per heavy atom. The second-order valence-corrected chi connectivity index (χ2v) is 5.62. The lowest BCUT2D eigenvalue weighted by atomic mass is 10.0. The first-order valence-corrected chi connectivity index (χ1v) is 7.94. The lowest BCUT2D eigenvalue weighted by molar-refractivity contribution is -0.114. The van der Waals surface area contributed by atoms with Gasteiger partial charge in [-0.05, 0) is 42.3 Å². The van der Waals surface area contributed by atoms with Crippen molar-refractivity contribution in [3.8, 4) is 11.8 Å². The SMILES string of the molecule is CCOc1cc(/C=C(\C#N)C(N)=O)cc(Cl)c1Cc1ccccc1F. The van der Waals surface area contributed by atoms with E-state index in [1.54, 1.807) is 36.4 Å². The summed E-state index contributed by atoms with van der Waals surface area (Å²) in [7, 11) is 0. The summed E-state index contributed by atoms with van der Waals surface area (Å²) < 4.78 is 19.5. The molecule has 0 aliphatic rings. The summed E-state index contributed by atoms with van der Waals surface area (Å²) in [6, 6.07) is 11.4. The minimum Gasteiger partial charge on any atom is -0.494 e. The van der Waals surface area contributed by atoms with Crippen molar-refractivity contribution < 1.29 is 13.9 Å². The van der Waals surface area contributed by atoms with Crippen LogP contribution in [0.2, 0.25) is 5.02 Å². The van der Waals surface area contributed by atoms with E-state index in [2.05, 4.69) is 0 Å². The van der Waals surface area contributed by atoms with Gasteiger partial charge in [-0.15, -0.1) is 0 Å². The molecule has 25 heavy (non-hydrogen) atoms. The van der Waals surface area contributed by atoms with Crippen LogP contribution in [0.4, 0.5) is 4.39 Å². The van der Waals surface area contributed by atoms with Crippen LogP contribution >= 0.6 is 11.6 Å². The molecule has 0 heterocycles. The molecule has 0 saturated carbocycles. The number of nitrogens with zero attached hydrogens (tertiary/aromatic N) is 1. The molecule has 1 amide bonds. The topological polar surface area (TPSA) is 76.1 Å². The maximum absolute atomic E-state index is 13.9. The standard InChI is InChI=1S/C19H16ClFN2O2/c1-2-25-18-9-12(7-14(11-22)19(23)24)8-16(20)15(18)10-13-5-3-4-6-17(13)21/h3-9H,2,10H2,1H3,(H2,23,24)/b14-7+. The lowest BCUT2D eigenvalue weighted by Gasteiger charge is -2.14. The number of primary amides is 1. The van der Waals surface area contributed by atoms with Crippen molar-refractivity contribution in [3.63, 3.8) is 0 Å². The summed E-state index contributed by atoms with van der Waals surface area (Å²) in [6.45, 7) is 2.20. The van der Waals surface area contributed by atoms with Gasteiger partial charge in [-0.3, -0.25) is 4.79 Å². The first kappa shape index (κ1) is 18.5. The van der Waals surface area contributed by atoms with Gasteiger partial charge in [-0.25, -0.2) is 4.39 Å². The Labute approximate surface area is 150 Å². The molecular weight excluding hydrogens is 343 g/mol. The van der Waals surface area contributed by atoms with Gasteiger partial charge in [0.25, 0.3) is 5.91 Å². The van der Waals surface area contributed by atoms with Gasteiger partial charge in [0.15, 0.2) is 0 Å². The molecule has 0 fully saturated rings. The van der Waals surface area contributed by atoms with E-state index in [1.165, 1.54) is 12.1 Å². The van der Waals surface area contributed by atoms with Gasteiger partial charge in [0.05, 0.1) is 6.61 Å². The van der Waals surface area contributed by atoms with Crippen LogP contribution in [-0.4, -0.2) is 12.5 Å². The number of nitrogens with two attached hydrogens (primary N) is 1. The molecular formula is C19H16ClFN2O2. The Morgan fingerprint density at radius 3 is 2.72 bits per heavy atom. The van der Waals surface area contributed by atoms with Crippen molar-refractivity contribution in [3.05, 3.63) is 69.5 Å². The fourth-order valence-electron chi connectivity index (χ4n) is 2.33. The summed E-state index contributed by atoms with van der Waals surface area (Å²) in [5.74, 6) is -0.691. The summed E-state index contributed by atoms with van der Waals surface area (Å²) >= 11 is 6.35. The quantitative estimate of drug-likeness (QED) is 0.629. The van der Waals surface area contributed by atoms with E-state index in [0.717, 1.165) is 0 Å². The van der Waals surface area contributed by atoms with Crippen molar-refractivity contribution in [2.45, 2.75) is 13.3 Å². The Hall–Kier alpha value is -2.84. The Kier molecular flexibility index (Phi) is 6.15. The monoisotopic (exact) mass is 358 g/mol. The average Bonchev–Trinajstić information content (AvgIpc) is 2.57. The van der Waals surface area contributed by atoms with Crippen LogP contribution in [0.15, 0.2) is 42.0 Å². The van der Waals surface area contributed by atoms with Crippen molar-refractivity contribution in [1.29, 1.82) is 5.26 Å². The smallest absolute Gasteiger partial charge is 0.259 e. The number of carbonyl (C=O) groups excluding carboxylic acids is 1. The zero-order valence-electron chi connectivity index (χ0n) is 13.6. The zero-order chi connectivity index (χ0) is 18.4. The molecule has 0 bridgehead atoms. The third kappa shape index (κ3) is 4.59. The average molecular weight is 359 g/mol. The van der Waals surface area contributed by atoms with Crippen LogP contribution in [0.1, 0.15) is 23.6 Å². The van der Waals surface area contributed by atoms with E-state index in [1.807, 2.05) is 6.92 Å². The first-order chi connectivity index (χ1) is 12.0. The number of amides is 1. The van der Waals surface area contributed by atoms with Gasteiger partial charge in [0, 0.05) is 17.0 Å². The van der Waals surface area contributed by atoms with Crippen LogP contribution in [0, 0.1) is 17.1 Å². The van der Waals surface area contributed by atoms with Crippen LogP contribution in [0.25, 0.3) is 6.08 Å². The Morgan fingerprint density at radius 1 is 1.40 bits per heavy atom. The van der Waals surface area contributed by atoms with E-state index in [0.29, 0.717) is 34.1 Å². The Bertz CT molecular complexity index is 872. The van der Waals surface area contributed by atoms with Gasteiger partial charge < -0.3 is 10.5 Å². The van der Waals surface area contributed by atoms with Crippen LogP contribution < -0.4 is 10.5 Å². The zero-order valence-corrected chi connectivity index (χ0v) is 14.3. The van der Waals surface area contributed by atoms with Gasteiger partial charge in [-0.1, -0.05) is 29.8 Å². The molecule has 2 N–H and O–H groups in total. The fraction of sp³-hybridized carbons (Fsp3) is 0.158. The molecule has 0 unspecified atom stereocenters. The van der Waals surface area contributed by atoms with Gasteiger partial charge in [0.2, 0.25) is 0 Å². The summed E-state index contributed by atoms with van der Waals surface area (Å²) in [4.78, 5) is 11.2. The molecule has 0 spiro atoms. The number of benzene rings is 2. The van der Waals surface area contributed by atoms with Crippen molar-refractivity contribution in [2.75, 3.05) is 6.61 Å². The summed E-state index contributed by atoms with van der Waals surface area (Å²) in [6.07, 6.45) is 1.59. The highest BCUT2D eigenvalue weighted by molar-refractivity contribution is 6.31. The number of hydrogen-bond donors (Lipinski definition) is 1. The second-order valence-electron chi connectivity index (χ2n) is 5.21. The van der Waals surface area contributed by atoms with Crippen LogP contribution in [0.3, 0.4) is 0 Å². The summed E-state index contributed by atoms with van der Waals surface area (Å²) in [5, 5.41) is 9.30. The van der Waals surface area contributed by atoms with Gasteiger partial charge >= 0.3 is 0 Å². The third-order valence-corrected chi connectivity index (χ3v) is 3.84. The molecule has 0 aliphatic heterocycles. The Balaban J connectivity index is 2.50. The molecule has 2 aromatic rings. The predicted molar refractivity (Wildman–Crippen MR) is 94.6 cm³/mol. The van der Waals surface area contributed by atoms with Crippen molar-refractivity contribution in [2.24, 2.45) is 5.73 Å². The van der Waals surface area contributed by atoms with Crippen molar-refractivity contribution >= 4 is 23.6 Å². The number of hydrogen-bond acceptors (Lipinski definition) is 3. The van der Waals surface area contributed by atoms with Crippen molar-refractivity contribution in [1.82, 2.24) is 0 Å². The normalized spacial score (nSPS) is 11.0. The number of carbonyl (C=O) groups is 1. The van der Waals surface area contributed by atoms with E-state index >= 15 is 0 Å². The number of rotatable bonds is 6.